The van der Waals surface area contributed by atoms with Gasteiger partial charge < -0.3 is 34.2 Å². The van der Waals surface area contributed by atoms with Crippen molar-refractivity contribution in [3.8, 4) is 5.75 Å². The van der Waals surface area contributed by atoms with E-state index in [0.29, 0.717) is 37.5 Å². The fraction of sp³-hybridized carbons (Fsp3) is 0.296. The normalized spacial score (nSPS) is 11.6. The van der Waals surface area contributed by atoms with Crippen LogP contribution in [0.15, 0.2) is 121 Å². The number of Topliss-reactive ketones (excluding diaryl/α,β-unsaturated/α-hetero) is 1. The number of carbonyl (C=O) groups is 4. The number of ketones is 1. The number of ether oxygens (including phenoxy) is 3. The van der Waals surface area contributed by atoms with Crippen molar-refractivity contribution in [2.75, 3.05) is 34.3 Å². The van der Waals surface area contributed by atoms with Crippen LogP contribution >= 0.6 is 0 Å². The molecule has 11 heteroatoms. The van der Waals surface area contributed by atoms with Gasteiger partial charge >= 0.3 is 12.2 Å². The molecule has 0 saturated carbocycles. The summed E-state index contributed by atoms with van der Waals surface area (Å²) in [6, 6.07) is 39.3. The summed E-state index contributed by atoms with van der Waals surface area (Å²) in [5.41, 5.74) is 4.02. The Bertz CT molecular complexity index is 2770. The molecule has 0 saturated heterocycles. The minimum atomic E-state index is -0.604. The lowest BCUT2D eigenvalue weighted by molar-refractivity contribution is -0.132. The zero-order valence-electron chi connectivity index (χ0n) is 38.6. The topological polar surface area (TPSA) is 118 Å². The third kappa shape index (κ3) is 10.7. The second-order valence-electron chi connectivity index (χ2n) is 17.8. The SMILES string of the molecule is CC(C)OC(=O)N(C)Cc1c2ccccc2c(CN(C)C(=O)COc2ccc(C(=O)CNCc3c4ccccc4c(CN(C)C(=O)OC(C)(C)C)c4ccccc34)cc2)c2ccccc12. The molecule has 0 aromatic heterocycles. The molecule has 7 rings (SSSR count). The van der Waals surface area contributed by atoms with Crippen LogP contribution in [-0.2, 0) is 40.4 Å². The number of hydrogen-bond donors (Lipinski definition) is 1. The van der Waals surface area contributed by atoms with Crippen LogP contribution in [0, 0.1) is 0 Å². The van der Waals surface area contributed by atoms with E-state index < -0.39 is 5.60 Å². The fourth-order valence-corrected chi connectivity index (χ4v) is 8.28. The number of fused-ring (bicyclic) bond motifs is 4. The van der Waals surface area contributed by atoms with Crippen LogP contribution in [0.2, 0.25) is 0 Å². The highest BCUT2D eigenvalue weighted by molar-refractivity contribution is 6.07. The van der Waals surface area contributed by atoms with Crippen LogP contribution in [-0.4, -0.2) is 84.6 Å². The van der Waals surface area contributed by atoms with Gasteiger partial charge in [-0.15, -0.1) is 0 Å². The van der Waals surface area contributed by atoms with Crippen LogP contribution in [0.1, 0.15) is 67.2 Å². The zero-order chi connectivity index (χ0) is 46.4. The first-order valence-electron chi connectivity index (χ1n) is 22.0. The Labute approximate surface area is 380 Å². The maximum Gasteiger partial charge on any atom is 0.410 e. The van der Waals surface area contributed by atoms with E-state index in [-0.39, 0.29) is 43.1 Å². The summed E-state index contributed by atoms with van der Waals surface area (Å²) in [4.78, 5) is 57.5. The molecule has 0 unspecified atom stereocenters. The molecule has 65 heavy (non-hydrogen) atoms. The van der Waals surface area contributed by atoms with Gasteiger partial charge in [0, 0.05) is 52.9 Å². The van der Waals surface area contributed by atoms with Gasteiger partial charge in [0.25, 0.3) is 5.91 Å². The molecule has 3 amide bonds. The second kappa shape index (κ2) is 19.8. The van der Waals surface area contributed by atoms with Gasteiger partial charge in [0.1, 0.15) is 11.4 Å². The monoisotopic (exact) mass is 874 g/mol. The van der Waals surface area contributed by atoms with Gasteiger partial charge in [-0.2, -0.15) is 0 Å². The molecule has 7 aromatic carbocycles. The van der Waals surface area contributed by atoms with Gasteiger partial charge in [-0.3, -0.25) is 9.59 Å². The summed E-state index contributed by atoms with van der Waals surface area (Å²) in [5, 5.41) is 11.6. The highest BCUT2D eigenvalue weighted by Crippen LogP contribution is 2.36. The third-order valence-corrected chi connectivity index (χ3v) is 11.4. The Morgan fingerprint density at radius 3 is 1.32 bits per heavy atom. The Morgan fingerprint density at radius 2 is 0.923 bits per heavy atom. The summed E-state index contributed by atoms with van der Waals surface area (Å²) in [6.45, 7) is 10.7. The van der Waals surface area contributed by atoms with E-state index in [1.807, 2.05) is 83.1 Å². The quantitative estimate of drug-likeness (QED) is 0.0799. The van der Waals surface area contributed by atoms with E-state index in [4.69, 9.17) is 14.2 Å². The van der Waals surface area contributed by atoms with Gasteiger partial charge in [0.05, 0.1) is 12.6 Å². The first kappa shape index (κ1) is 46.0. The molecular formula is C54H58N4O7. The number of amides is 3. The number of rotatable bonds is 15. The Hall–Kier alpha value is -6.98. The Balaban J connectivity index is 0.987. The molecular weight excluding hydrogens is 817 g/mol. The average Bonchev–Trinajstić information content (AvgIpc) is 3.29. The molecule has 336 valence electrons. The van der Waals surface area contributed by atoms with Gasteiger partial charge in [-0.05, 0) is 124 Å². The molecule has 0 aliphatic heterocycles. The van der Waals surface area contributed by atoms with E-state index in [2.05, 4.69) is 53.8 Å². The maximum absolute atomic E-state index is 13.5. The number of nitrogens with zero attached hydrogens (tertiary/aromatic N) is 3. The van der Waals surface area contributed by atoms with E-state index in [0.717, 1.165) is 65.3 Å². The summed E-state index contributed by atoms with van der Waals surface area (Å²) in [7, 11) is 5.25. The second-order valence-corrected chi connectivity index (χ2v) is 17.8. The van der Waals surface area contributed by atoms with Gasteiger partial charge in [0.15, 0.2) is 12.4 Å². The van der Waals surface area contributed by atoms with Crippen LogP contribution in [0.5, 0.6) is 5.75 Å². The number of nitrogens with one attached hydrogen (secondary N) is 1. The standard InChI is InChI=1S/C54H58N4O7/c1-35(2)64-52(61)57(7)32-48-44-23-15-13-21-42(44)47(43-22-14-16-24-45(43)48)31-56(6)51(60)34-63-37-27-25-36(26-28-37)50(59)30-55-29-46-38-17-9-11-19-40(38)49(41-20-12-10-18-39(41)46)33-58(8)53(62)65-54(3,4)5/h9-28,35,55H,29-34H2,1-8H3. The van der Waals surface area contributed by atoms with Crippen molar-refractivity contribution < 1.29 is 33.4 Å². The van der Waals surface area contributed by atoms with E-state index in [9.17, 15) is 19.2 Å². The van der Waals surface area contributed by atoms with E-state index in [1.165, 1.54) is 0 Å². The number of benzene rings is 7. The Morgan fingerprint density at radius 1 is 0.538 bits per heavy atom. The van der Waals surface area contributed by atoms with Gasteiger partial charge in [-0.1, -0.05) is 97.1 Å². The van der Waals surface area contributed by atoms with Crippen molar-refractivity contribution in [3.05, 3.63) is 149 Å². The largest absolute Gasteiger partial charge is 0.484 e. The van der Waals surface area contributed by atoms with Crippen molar-refractivity contribution in [3.63, 3.8) is 0 Å². The third-order valence-electron chi connectivity index (χ3n) is 11.4. The molecule has 1 N–H and O–H groups in total. The molecule has 0 atom stereocenters. The predicted octanol–water partition coefficient (Wildman–Crippen LogP) is 10.7. The minimum absolute atomic E-state index is 0.0795. The lowest BCUT2D eigenvalue weighted by Crippen LogP contribution is -2.34. The summed E-state index contributed by atoms with van der Waals surface area (Å²) < 4.78 is 17.0. The first-order valence-corrected chi connectivity index (χ1v) is 22.0. The maximum atomic E-state index is 13.5. The lowest BCUT2D eigenvalue weighted by atomic mass is 9.91. The van der Waals surface area contributed by atoms with Crippen molar-refractivity contribution in [1.29, 1.82) is 0 Å². The molecule has 0 spiro atoms. The summed E-state index contributed by atoms with van der Waals surface area (Å²) in [5.74, 6) is 0.196. The molecule has 0 heterocycles. The predicted molar refractivity (Wildman–Crippen MR) is 258 cm³/mol. The Kier molecular flexibility index (Phi) is 14.0. The molecule has 0 aliphatic rings. The summed E-state index contributed by atoms with van der Waals surface area (Å²) >= 11 is 0. The first-order chi connectivity index (χ1) is 31.1. The van der Waals surface area contributed by atoms with Crippen LogP contribution in [0.3, 0.4) is 0 Å². The molecule has 11 nitrogen and oxygen atoms in total. The zero-order valence-corrected chi connectivity index (χ0v) is 38.6. The fourth-order valence-electron chi connectivity index (χ4n) is 8.28. The van der Waals surface area contributed by atoms with Crippen molar-refractivity contribution >= 4 is 67.0 Å². The average molecular weight is 875 g/mol. The van der Waals surface area contributed by atoms with Crippen molar-refractivity contribution in [2.45, 2.75) is 72.5 Å². The molecule has 0 radical (unpaired) electrons. The smallest absolute Gasteiger partial charge is 0.410 e. The van der Waals surface area contributed by atoms with E-state index in [1.54, 1.807) is 60.1 Å². The minimum Gasteiger partial charge on any atom is -0.484 e. The highest BCUT2D eigenvalue weighted by atomic mass is 16.6. The van der Waals surface area contributed by atoms with Crippen molar-refractivity contribution in [2.24, 2.45) is 0 Å². The highest BCUT2D eigenvalue weighted by Gasteiger charge is 2.23. The number of likely N-dealkylation sites (N-methyl/N-ethyl adjacent to an activating group) is 1. The van der Waals surface area contributed by atoms with Gasteiger partial charge in [-0.25, -0.2) is 9.59 Å². The molecule has 0 fully saturated rings. The van der Waals surface area contributed by atoms with Crippen LogP contribution in [0.4, 0.5) is 9.59 Å². The van der Waals surface area contributed by atoms with E-state index >= 15 is 0 Å². The molecule has 0 bridgehead atoms. The molecule has 0 aliphatic carbocycles. The van der Waals surface area contributed by atoms with Crippen LogP contribution < -0.4 is 10.1 Å². The van der Waals surface area contributed by atoms with Crippen molar-refractivity contribution in [1.82, 2.24) is 20.0 Å². The van der Waals surface area contributed by atoms with Crippen LogP contribution in [0.25, 0.3) is 43.1 Å². The number of carbonyl (C=O) groups excluding carboxylic acids is 4. The lowest BCUT2D eigenvalue weighted by Gasteiger charge is -2.26. The number of hydrogen-bond acceptors (Lipinski definition) is 8. The summed E-state index contributed by atoms with van der Waals surface area (Å²) in [6.07, 6.45) is -1.00. The van der Waals surface area contributed by atoms with Gasteiger partial charge in [0.2, 0.25) is 0 Å². The molecule has 7 aromatic rings.